The molecule has 0 bridgehead atoms. The SMILES string of the molecule is CCCn1cncc1CNCc1cccc(S(N)(=O)=O)c1. The molecular weight excluding hydrogens is 288 g/mol. The number of primary sulfonamides is 1. The Morgan fingerprint density at radius 3 is 2.86 bits per heavy atom. The highest BCUT2D eigenvalue weighted by molar-refractivity contribution is 7.89. The minimum absolute atomic E-state index is 0.137. The molecule has 0 spiro atoms. The summed E-state index contributed by atoms with van der Waals surface area (Å²) in [4.78, 5) is 4.28. The lowest BCUT2D eigenvalue weighted by atomic mass is 10.2. The summed E-state index contributed by atoms with van der Waals surface area (Å²) in [7, 11) is -3.65. The molecule has 0 unspecified atom stereocenters. The van der Waals surface area contributed by atoms with Crippen LogP contribution in [0.1, 0.15) is 24.6 Å². The van der Waals surface area contributed by atoms with Crippen molar-refractivity contribution < 1.29 is 8.42 Å². The van der Waals surface area contributed by atoms with E-state index >= 15 is 0 Å². The van der Waals surface area contributed by atoms with Gasteiger partial charge in [0.25, 0.3) is 0 Å². The maximum absolute atomic E-state index is 11.3. The van der Waals surface area contributed by atoms with Crippen molar-refractivity contribution in [2.45, 2.75) is 37.9 Å². The van der Waals surface area contributed by atoms with Gasteiger partial charge in [-0.25, -0.2) is 18.5 Å². The fourth-order valence-electron chi connectivity index (χ4n) is 2.10. The number of hydrogen-bond donors (Lipinski definition) is 2. The highest BCUT2D eigenvalue weighted by atomic mass is 32.2. The Hall–Kier alpha value is -1.70. The van der Waals surface area contributed by atoms with Gasteiger partial charge in [-0.3, -0.25) is 0 Å². The van der Waals surface area contributed by atoms with E-state index in [1.165, 1.54) is 6.07 Å². The van der Waals surface area contributed by atoms with Gasteiger partial charge >= 0.3 is 0 Å². The maximum Gasteiger partial charge on any atom is 0.238 e. The normalized spacial score (nSPS) is 11.7. The van der Waals surface area contributed by atoms with Crippen molar-refractivity contribution in [1.29, 1.82) is 0 Å². The third-order valence-corrected chi connectivity index (χ3v) is 4.04. The summed E-state index contributed by atoms with van der Waals surface area (Å²) in [5, 5.41) is 8.41. The smallest absolute Gasteiger partial charge is 0.238 e. The molecule has 1 heterocycles. The molecule has 1 aromatic carbocycles. The van der Waals surface area contributed by atoms with E-state index in [9.17, 15) is 8.42 Å². The lowest BCUT2D eigenvalue weighted by Crippen LogP contribution is -2.17. The van der Waals surface area contributed by atoms with E-state index in [2.05, 4.69) is 21.8 Å². The van der Waals surface area contributed by atoms with Crippen molar-refractivity contribution in [3.8, 4) is 0 Å². The van der Waals surface area contributed by atoms with Gasteiger partial charge in [0.1, 0.15) is 0 Å². The molecule has 0 atom stereocenters. The molecule has 0 aliphatic carbocycles. The molecule has 7 heteroatoms. The van der Waals surface area contributed by atoms with Crippen LogP contribution in [-0.4, -0.2) is 18.0 Å². The van der Waals surface area contributed by atoms with Crippen molar-refractivity contribution in [3.63, 3.8) is 0 Å². The van der Waals surface area contributed by atoms with E-state index in [0.29, 0.717) is 13.1 Å². The summed E-state index contributed by atoms with van der Waals surface area (Å²) in [6.45, 7) is 4.31. The van der Waals surface area contributed by atoms with E-state index in [-0.39, 0.29) is 4.90 Å². The number of nitrogens with two attached hydrogens (primary N) is 1. The lowest BCUT2D eigenvalue weighted by molar-refractivity contribution is 0.595. The third kappa shape index (κ3) is 4.38. The molecule has 0 aliphatic rings. The van der Waals surface area contributed by atoms with E-state index in [1.54, 1.807) is 12.1 Å². The Bertz CT molecular complexity index is 695. The zero-order chi connectivity index (χ0) is 15.3. The summed E-state index contributed by atoms with van der Waals surface area (Å²) in [6.07, 6.45) is 4.71. The predicted octanol–water partition coefficient (Wildman–Crippen LogP) is 1.23. The second-order valence-electron chi connectivity index (χ2n) is 4.87. The molecule has 3 N–H and O–H groups in total. The number of aryl methyl sites for hydroxylation is 1. The van der Waals surface area contributed by atoms with Crippen molar-refractivity contribution in [3.05, 3.63) is 48.0 Å². The Morgan fingerprint density at radius 1 is 1.33 bits per heavy atom. The molecule has 114 valence electrons. The number of aromatic nitrogens is 2. The maximum atomic E-state index is 11.3. The molecule has 21 heavy (non-hydrogen) atoms. The molecule has 0 aliphatic heterocycles. The van der Waals surface area contributed by atoms with Crippen LogP contribution in [0.3, 0.4) is 0 Å². The van der Waals surface area contributed by atoms with Crippen molar-refractivity contribution in [1.82, 2.24) is 14.9 Å². The van der Waals surface area contributed by atoms with Gasteiger partial charge in [0.05, 0.1) is 16.9 Å². The number of imidazole rings is 1. The summed E-state index contributed by atoms with van der Waals surface area (Å²) in [5.41, 5.74) is 1.99. The molecule has 0 amide bonds. The second-order valence-corrected chi connectivity index (χ2v) is 6.44. The summed E-state index contributed by atoms with van der Waals surface area (Å²) < 4.78 is 24.7. The van der Waals surface area contributed by atoms with E-state index < -0.39 is 10.0 Å². The van der Waals surface area contributed by atoms with Crippen LogP contribution in [0.4, 0.5) is 0 Å². The van der Waals surface area contributed by atoms with Gasteiger partial charge in [-0.1, -0.05) is 19.1 Å². The molecule has 0 fully saturated rings. The first kappa shape index (κ1) is 15.7. The van der Waals surface area contributed by atoms with Gasteiger partial charge in [-0.05, 0) is 24.1 Å². The molecule has 0 saturated heterocycles. The van der Waals surface area contributed by atoms with Gasteiger partial charge in [-0.2, -0.15) is 0 Å². The van der Waals surface area contributed by atoms with Gasteiger partial charge in [0, 0.05) is 25.8 Å². The minimum atomic E-state index is -3.65. The summed E-state index contributed by atoms with van der Waals surface area (Å²) in [6, 6.07) is 6.64. The molecular formula is C14H20N4O2S. The van der Waals surface area contributed by atoms with Crippen LogP contribution < -0.4 is 10.5 Å². The first-order chi connectivity index (χ1) is 10.0. The van der Waals surface area contributed by atoms with Crippen LogP contribution in [0.25, 0.3) is 0 Å². The van der Waals surface area contributed by atoms with Crippen LogP contribution in [0, 0.1) is 0 Å². The minimum Gasteiger partial charge on any atom is -0.333 e. The number of nitrogens with zero attached hydrogens (tertiary/aromatic N) is 2. The Labute approximate surface area is 125 Å². The zero-order valence-corrected chi connectivity index (χ0v) is 12.8. The topological polar surface area (TPSA) is 90.0 Å². The Balaban J connectivity index is 1.96. The van der Waals surface area contributed by atoms with Crippen molar-refractivity contribution in [2.24, 2.45) is 5.14 Å². The average Bonchev–Trinajstić information content (AvgIpc) is 2.86. The van der Waals surface area contributed by atoms with Crippen molar-refractivity contribution >= 4 is 10.0 Å². The first-order valence-electron chi connectivity index (χ1n) is 6.82. The molecule has 1 aromatic heterocycles. The van der Waals surface area contributed by atoms with E-state index in [4.69, 9.17) is 5.14 Å². The number of rotatable bonds is 7. The quantitative estimate of drug-likeness (QED) is 0.805. The van der Waals surface area contributed by atoms with Gasteiger partial charge in [0.2, 0.25) is 10.0 Å². The third-order valence-electron chi connectivity index (χ3n) is 3.13. The van der Waals surface area contributed by atoms with E-state index in [0.717, 1.165) is 24.2 Å². The standard InChI is InChI=1S/C14H20N4O2S/c1-2-6-18-11-17-10-13(18)9-16-8-12-4-3-5-14(7-12)21(15,19)20/h3-5,7,10-11,16H,2,6,8-9H2,1H3,(H2,15,19,20). The van der Waals surface area contributed by atoms with Crippen LogP contribution in [-0.2, 0) is 29.7 Å². The zero-order valence-electron chi connectivity index (χ0n) is 12.0. The highest BCUT2D eigenvalue weighted by Gasteiger charge is 2.08. The van der Waals surface area contributed by atoms with Crippen LogP contribution in [0.15, 0.2) is 41.7 Å². The molecule has 0 radical (unpaired) electrons. The number of benzene rings is 1. The molecule has 2 rings (SSSR count). The fraction of sp³-hybridized carbons (Fsp3) is 0.357. The Morgan fingerprint density at radius 2 is 2.14 bits per heavy atom. The van der Waals surface area contributed by atoms with Gasteiger partial charge in [-0.15, -0.1) is 0 Å². The lowest BCUT2D eigenvalue weighted by Gasteiger charge is -2.09. The average molecular weight is 308 g/mol. The fourth-order valence-corrected chi connectivity index (χ4v) is 2.69. The summed E-state index contributed by atoms with van der Waals surface area (Å²) >= 11 is 0. The molecule has 2 aromatic rings. The number of hydrogen-bond acceptors (Lipinski definition) is 4. The first-order valence-corrected chi connectivity index (χ1v) is 8.37. The van der Waals surface area contributed by atoms with Gasteiger partial charge < -0.3 is 9.88 Å². The Kier molecular flexibility index (Phi) is 5.11. The van der Waals surface area contributed by atoms with E-state index in [1.807, 2.05) is 18.6 Å². The van der Waals surface area contributed by atoms with Crippen LogP contribution in [0.5, 0.6) is 0 Å². The predicted molar refractivity (Wildman–Crippen MR) is 80.9 cm³/mol. The largest absolute Gasteiger partial charge is 0.333 e. The van der Waals surface area contributed by atoms with Crippen LogP contribution >= 0.6 is 0 Å². The summed E-state index contributed by atoms with van der Waals surface area (Å²) in [5.74, 6) is 0. The number of nitrogens with one attached hydrogen (secondary N) is 1. The molecule has 6 nitrogen and oxygen atoms in total. The molecule has 0 saturated carbocycles. The number of sulfonamides is 1. The second kappa shape index (κ2) is 6.84. The monoisotopic (exact) mass is 308 g/mol. The van der Waals surface area contributed by atoms with Gasteiger partial charge in [0.15, 0.2) is 0 Å². The highest BCUT2D eigenvalue weighted by Crippen LogP contribution is 2.10. The van der Waals surface area contributed by atoms with Crippen LogP contribution in [0.2, 0.25) is 0 Å². The van der Waals surface area contributed by atoms with Crippen molar-refractivity contribution in [2.75, 3.05) is 0 Å².